The third-order valence-electron chi connectivity index (χ3n) is 2.25. The Morgan fingerprint density at radius 2 is 2.29 bits per heavy atom. The number of hydrogen-bond acceptors (Lipinski definition) is 4. The number of thiazole rings is 1. The summed E-state index contributed by atoms with van der Waals surface area (Å²) < 4.78 is 0. The van der Waals surface area contributed by atoms with Gasteiger partial charge >= 0.3 is 0 Å². The number of nitrogens with zero attached hydrogens (tertiary/aromatic N) is 1. The normalized spacial score (nSPS) is 14.4. The Balaban J connectivity index is 2.88. The Kier molecular flexibility index (Phi) is 3.64. The molecule has 0 saturated heterocycles. The van der Waals surface area contributed by atoms with Crippen molar-refractivity contribution in [3.05, 3.63) is 16.1 Å². The van der Waals surface area contributed by atoms with Crippen LogP contribution in [0.3, 0.4) is 0 Å². The fraction of sp³-hybridized carbons (Fsp3) is 0.700. The van der Waals surface area contributed by atoms with Crippen molar-refractivity contribution in [3.8, 4) is 0 Å². The molecule has 0 saturated carbocycles. The van der Waals surface area contributed by atoms with Crippen molar-refractivity contribution < 1.29 is 5.11 Å². The predicted molar refractivity (Wildman–Crippen MR) is 59.6 cm³/mol. The monoisotopic (exact) mass is 214 g/mol. The van der Waals surface area contributed by atoms with Gasteiger partial charge in [0.1, 0.15) is 0 Å². The van der Waals surface area contributed by atoms with Gasteiger partial charge in [0.15, 0.2) is 0 Å². The molecule has 0 aromatic carbocycles. The largest absolute Gasteiger partial charge is 0.396 e. The average molecular weight is 214 g/mol. The molecule has 1 aromatic heterocycles. The molecule has 1 aromatic rings. The third-order valence-corrected chi connectivity index (χ3v) is 3.33. The third kappa shape index (κ3) is 2.77. The molecule has 1 atom stereocenters. The Morgan fingerprint density at radius 1 is 1.64 bits per heavy atom. The fourth-order valence-electron chi connectivity index (χ4n) is 1.48. The van der Waals surface area contributed by atoms with E-state index >= 15 is 0 Å². The van der Waals surface area contributed by atoms with Crippen LogP contribution >= 0.6 is 11.3 Å². The molecule has 1 unspecified atom stereocenters. The lowest BCUT2D eigenvalue weighted by Gasteiger charge is -2.28. The molecule has 0 amide bonds. The van der Waals surface area contributed by atoms with E-state index in [1.54, 1.807) is 11.3 Å². The first-order chi connectivity index (χ1) is 6.45. The van der Waals surface area contributed by atoms with Crippen molar-refractivity contribution in [2.75, 3.05) is 6.61 Å². The summed E-state index contributed by atoms with van der Waals surface area (Å²) in [5.74, 6) is 0.145. The molecule has 0 aliphatic rings. The van der Waals surface area contributed by atoms with E-state index in [0.717, 1.165) is 10.7 Å². The van der Waals surface area contributed by atoms with E-state index in [1.165, 1.54) is 0 Å². The van der Waals surface area contributed by atoms with Gasteiger partial charge in [-0.05, 0) is 27.2 Å². The van der Waals surface area contributed by atoms with Gasteiger partial charge in [0, 0.05) is 29.1 Å². The van der Waals surface area contributed by atoms with Gasteiger partial charge in [0.2, 0.25) is 0 Å². The molecule has 0 fully saturated rings. The molecule has 14 heavy (non-hydrogen) atoms. The van der Waals surface area contributed by atoms with Crippen LogP contribution < -0.4 is 5.73 Å². The van der Waals surface area contributed by atoms with Crippen LogP contribution in [0.2, 0.25) is 0 Å². The van der Waals surface area contributed by atoms with Gasteiger partial charge in [-0.2, -0.15) is 0 Å². The maximum Gasteiger partial charge on any atom is 0.0978 e. The number of aliphatic hydroxyl groups is 1. The maximum atomic E-state index is 8.99. The maximum absolute atomic E-state index is 8.99. The Labute approximate surface area is 89.0 Å². The number of nitrogens with two attached hydrogens (primary N) is 1. The Morgan fingerprint density at radius 3 is 2.64 bits per heavy atom. The highest BCUT2D eigenvalue weighted by Gasteiger charge is 2.28. The van der Waals surface area contributed by atoms with Crippen molar-refractivity contribution in [1.82, 2.24) is 4.98 Å². The minimum Gasteiger partial charge on any atom is -0.396 e. The van der Waals surface area contributed by atoms with E-state index in [9.17, 15) is 0 Å². The minimum absolute atomic E-state index is 0.145. The molecule has 4 heteroatoms. The van der Waals surface area contributed by atoms with Gasteiger partial charge in [-0.1, -0.05) is 0 Å². The smallest absolute Gasteiger partial charge is 0.0978 e. The van der Waals surface area contributed by atoms with Crippen LogP contribution in [-0.4, -0.2) is 22.2 Å². The predicted octanol–water partition coefficient (Wildman–Crippen LogP) is 1.65. The molecule has 0 bridgehead atoms. The summed E-state index contributed by atoms with van der Waals surface area (Å²) in [5.41, 5.74) is 6.76. The van der Waals surface area contributed by atoms with Crippen LogP contribution in [0.15, 0.2) is 5.38 Å². The molecule has 1 rings (SSSR count). The Bertz CT molecular complexity index is 291. The zero-order chi connectivity index (χ0) is 10.8. The summed E-state index contributed by atoms with van der Waals surface area (Å²) in [6, 6.07) is 0. The van der Waals surface area contributed by atoms with Gasteiger partial charge in [0.25, 0.3) is 0 Å². The lowest BCUT2D eigenvalue weighted by Crippen LogP contribution is -2.39. The molecule has 0 aliphatic carbocycles. The molecular weight excluding hydrogens is 196 g/mol. The zero-order valence-corrected chi connectivity index (χ0v) is 9.77. The summed E-state index contributed by atoms with van der Waals surface area (Å²) in [6.45, 7) is 6.08. The molecular formula is C10H18N2OS. The zero-order valence-electron chi connectivity index (χ0n) is 8.95. The lowest BCUT2D eigenvalue weighted by atomic mass is 9.86. The summed E-state index contributed by atoms with van der Waals surface area (Å²) in [7, 11) is 0. The van der Waals surface area contributed by atoms with Crippen molar-refractivity contribution >= 4 is 11.3 Å². The first kappa shape index (κ1) is 11.6. The van der Waals surface area contributed by atoms with Crippen LogP contribution in [0.4, 0.5) is 0 Å². The van der Waals surface area contributed by atoms with Crippen LogP contribution in [0.25, 0.3) is 0 Å². The second-order valence-corrected chi connectivity index (χ2v) is 5.10. The quantitative estimate of drug-likeness (QED) is 0.801. The van der Waals surface area contributed by atoms with Gasteiger partial charge in [0.05, 0.1) is 5.01 Å². The number of hydrogen-bond donors (Lipinski definition) is 2. The van der Waals surface area contributed by atoms with E-state index in [0.29, 0.717) is 6.42 Å². The van der Waals surface area contributed by atoms with E-state index in [1.807, 2.05) is 26.2 Å². The van der Waals surface area contributed by atoms with Crippen molar-refractivity contribution in [2.45, 2.75) is 38.6 Å². The molecule has 80 valence electrons. The van der Waals surface area contributed by atoms with Crippen molar-refractivity contribution in [1.29, 1.82) is 0 Å². The van der Waals surface area contributed by atoms with Gasteiger partial charge in [-0.15, -0.1) is 11.3 Å². The van der Waals surface area contributed by atoms with Gasteiger partial charge < -0.3 is 10.8 Å². The summed E-state index contributed by atoms with van der Waals surface area (Å²) in [4.78, 5) is 4.42. The highest BCUT2D eigenvalue weighted by molar-refractivity contribution is 7.09. The van der Waals surface area contributed by atoms with Crippen LogP contribution in [-0.2, 0) is 0 Å². The van der Waals surface area contributed by atoms with E-state index in [4.69, 9.17) is 10.8 Å². The average Bonchev–Trinajstić information content (AvgIpc) is 2.45. The molecule has 3 nitrogen and oxygen atoms in total. The SMILES string of the molecule is Cc1csc(C(CCO)C(C)(C)N)n1. The van der Waals surface area contributed by atoms with E-state index < -0.39 is 0 Å². The number of aliphatic hydroxyl groups excluding tert-OH is 1. The lowest BCUT2D eigenvalue weighted by molar-refractivity contribution is 0.250. The van der Waals surface area contributed by atoms with Crippen molar-refractivity contribution in [2.24, 2.45) is 5.73 Å². The summed E-state index contributed by atoms with van der Waals surface area (Å²) >= 11 is 1.62. The van der Waals surface area contributed by atoms with Crippen LogP contribution in [0.5, 0.6) is 0 Å². The molecule has 1 heterocycles. The fourth-order valence-corrected chi connectivity index (χ4v) is 2.60. The van der Waals surface area contributed by atoms with Crippen LogP contribution in [0.1, 0.15) is 36.9 Å². The standard InChI is InChI=1S/C10H18N2OS/c1-7-6-14-9(12-7)8(4-5-13)10(2,3)11/h6,8,13H,4-5,11H2,1-3H3. The second kappa shape index (κ2) is 4.38. The first-order valence-corrected chi connectivity index (χ1v) is 5.65. The first-order valence-electron chi connectivity index (χ1n) is 4.77. The van der Waals surface area contributed by atoms with Crippen molar-refractivity contribution in [3.63, 3.8) is 0 Å². The highest BCUT2D eigenvalue weighted by Crippen LogP contribution is 2.31. The number of aryl methyl sites for hydroxylation is 1. The Hall–Kier alpha value is -0.450. The summed E-state index contributed by atoms with van der Waals surface area (Å²) in [6.07, 6.45) is 0.677. The van der Waals surface area contributed by atoms with Crippen LogP contribution in [0, 0.1) is 6.92 Å². The summed E-state index contributed by atoms with van der Waals surface area (Å²) in [5, 5.41) is 12.0. The molecule has 0 aliphatic heterocycles. The van der Waals surface area contributed by atoms with E-state index in [2.05, 4.69) is 4.98 Å². The second-order valence-electron chi connectivity index (χ2n) is 4.21. The molecule has 0 spiro atoms. The van der Waals surface area contributed by atoms with E-state index in [-0.39, 0.29) is 18.1 Å². The highest BCUT2D eigenvalue weighted by atomic mass is 32.1. The van der Waals surface area contributed by atoms with Gasteiger partial charge in [-0.3, -0.25) is 0 Å². The number of aromatic nitrogens is 1. The molecule has 0 radical (unpaired) electrons. The number of rotatable bonds is 4. The molecule has 3 N–H and O–H groups in total. The topological polar surface area (TPSA) is 59.1 Å². The minimum atomic E-state index is -0.326. The van der Waals surface area contributed by atoms with Gasteiger partial charge in [-0.25, -0.2) is 4.98 Å².